The first kappa shape index (κ1) is 24.7. The Kier molecular flexibility index (Phi) is 5.90. The molecule has 0 saturated heterocycles. The monoisotopic (exact) mass is 543 g/mol. The van der Waals surface area contributed by atoms with Crippen LogP contribution in [0.1, 0.15) is 32.6 Å². The number of phenolic OH excluding ortho intramolecular Hbond substituents is 2. The molecule has 0 saturated carbocycles. The van der Waals surface area contributed by atoms with E-state index in [9.17, 15) is 24.6 Å². The first-order valence-corrected chi connectivity index (χ1v) is 11.9. The lowest BCUT2D eigenvalue weighted by molar-refractivity contribution is -0.124. The highest BCUT2D eigenvalue weighted by atomic mass is 35.5. The molecule has 2 aliphatic rings. The highest BCUT2D eigenvalue weighted by Gasteiger charge is 2.56. The van der Waals surface area contributed by atoms with Crippen LogP contribution in [0.4, 0.5) is 0 Å². The Labute approximate surface area is 219 Å². The van der Waals surface area contributed by atoms with Crippen LogP contribution < -0.4 is 21.1 Å². The molecule has 190 valence electrons. The Morgan fingerprint density at radius 1 is 0.919 bits per heavy atom. The fraction of sp³-hybridized carbons (Fsp3) is 0.160. The molecule has 37 heavy (non-hydrogen) atoms. The molecular weight excluding hydrogens is 525 g/mol. The van der Waals surface area contributed by atoms with Crippen molar-refractivity contribution in [1.29, 1.82) is 0 Å². The van der Waals surface area contributed by atoms with Gasteiger partial charge in [0.2, 0.25) is 11.8 Å². The SMILES string of the molecule is NC(NC(=O)CCl)(NC(=O)CCl)c1cc(O)cc2c1C1(OC(=O)c3ccccc31)c1ccc(O)cc1O2. The molecule has 2 amide bonds. The minimum Gasteiger partial charge on any atom is -0.508 e. The van der Waals surface area contributed by atoms with Crippen LogP contribution in [0.15, 0.2) is 54.6 Å². The number of esters is 1. The number of carbonyl (C=O) groups excluding carboxylic acids is 3. The molecule has 0 bridgehead atoms. The number of nitrogens with one attached hydrogen (secondary N) is 2. The number of alkyl halides is 2. The molecule has 1 unspecified atom stereocenters. The van der Waals surface area contributed by atoms with E-state index in [2.05, 4.69) is 10.6 Å². The van der Waals surface area contributed by atoms with E-state index in [-0.39, 0.29) is 39.7 Å². The van der Waals surface area contributed by atoms with Gasteiger partial charge in [-0.15, -0.1) is 23.2 Å². The van der Waals surface area contributed by atoms with Crippen LogP contribution in [-0.2, 0) is 25.7 Å². The molecule has 12 heteroatoms. The lowest BCUT2D eigenvalue weighted by Gasteiger charge is -2.41. The fourth-order valence-corrected chi connectivity index (χ4v) is 4.90. The summed E-state index contributed by atoms with van der Waals surface area (Å²) in [5, 5.41) is 25.6. The zero-order chi connectivity index (χ0) is 26.5. The van der Waals surface area contributed by atoms with Gasteiger partial charge in [-0.2, -0.15) is 0 Å². The van der Waals surface area contributed by atoms with Crippen LogP contribution in [0, 0.1) is 0 Å². The van der Waals surface area contributed by atoms with E-state index in [0.29, 0.717) is 11.1 Å². The number of hydrogen-bond donors (Lipinski definition) is 5. The van der Waals surface area contributed by atoms with Gasteiger partial charge in [0.25, 0.3) is 0 Å². The standard InChI is InChI=1S/C25H19Cl2N3O7/c26-10-20(33)29-25(28,30-21(34)11-27)17-7-13(32)9-19-22(17)24(16-6-5-12(31)8-18(16)36-19)15-4-2-1-3-14(15)23(35)37-24/h1-9,31-32H,10-11,28H2,(H,29,33)(H,30,34). The Bertz CT molecular complexity index is 1460. The molecule has 3 aromatic rings. The molecule has 2 aliphatic heterocycles. The van der Waals surface area contributed by atoms with Gasteiger partial charge >= 0.3 is 5.97 Å². The zero-order valence-electron chi connectivity index (χ0n) is 18.9. The smallest absolute Gasteiger partial charge is 0.340 e. The number of benzene rings is 3. The first-order valence-electron chi connectivity index (χ1n) is 10.9. The Balaban J connectivity index is 1.88. The summed E-state index contributed by atoms with van der Waals surface area (Å²) >= 11 is 11.4. The molecule has 6 N–H and O–H groups in total. The minimum atomic E-state index is -2.19. The highest BCUT2D eigenvalue weighted by molar-refractivity contribution is 6.28. The number of rotatable bonds is 5. The van der Waals surface area contributed by atoms with Crippen molar-refractivity contribution in [1.82, 2.24) is 10.6 Å². The number of phenols is 2. The third-order valence-electron chi connectivity index (χ3n) is 6.12. The number of carbonyl (C=O) groups is 3. The van der Waals surface area contributed by atoms with Crippen molar-refractivity contribution in [3.63, 3.8) is 0 Å². The summed E-state index contributed by atoms with van der Waals surface area (Å²) in [6.07, 6.45) is 0. The van der Waals surface area contributed by atoms with Crippen molar-refractivity contribution >= 4 is 41.0 Å². The molecule has 2 heterocycles. The number of fused-ring (bicyclic) bond motifs is 6. The molecule has 0 fully saturated rings. The van der Waals surface area contributed by atoms with E-state index in [4.69, 9.17) is 38.4 Å². The summed E-state index contributed by atoms with van der Waals surface area (Å²) in [5.41, 5.74) is 5.94. The van der Waals surface area contributed by atoms with Gasteiger partial charge in [0.1, 0.15) is 34.8 Å². The van der Waals surface area contributed by atoms with Gasteiger partial charge in [-0.1, -0.05) is 18.2 Å². The molecule has 0 aliphatic carbocycles. The average molecular weight is 544 g/mol. The molecule has 10 nitrogen and oxygen atoms in total. The molecular formula is C25H19Cl2N3O7. The van der Waals surface area contributed by atoms with Gasteiger partial charge in [0.15, 0.2) is 11.4 Å². The molecule has 3 aromatic carbocycles. The predicted molar refractivity (Wildman–Crippen MR) is 132 cm³/mol. The number of halogens is 2. The van der Waals surface area contributed by atoms with Crippen molar-refractivity contribution in [2.45, 2.75) is 11.4 Å². The molecule has 0 radical (unpaired) electrons. The molecule has 5 rings (SSSR count). The normalized spacial score (nSPS) is 17.2. The van der Waals surface area contributed by atoms with Gasteiger partial charge in [-0.3, -0.25) is 15.3 Å². The number of ether oxygens (including phenoxy) is 2. The van der Waals surface area contributed by atoms with E-state index in [1.807, 2.05) is 0 Å². The maximum Gasteiger partial charge on any atom is 0.340 e. The van der Waals surface area contributed by atoms with Crippen molar-refractivity contribution in [3.8, 4) is 23.0 Å². The quantitative estimate of drug-likeness (QED) is 0.186. The maximum atomic E-state index is 13.1. The van der Waals surface area contributed by atoms with Crippen molar-refractivity contribution in [2.24, 2.45) is 5.73 Å². The first-order chi connectivity index (χ1) is 17.6. The average Bonchev–Trinajstić information content (AvgIpc) is 3.15. The van der Waals surface area contributed by atoms with Crippen LogP contribution in [-0.4, -0.2) is 39.8 Å². The number of hydrogen-bond acceptors (Lipinski definition) is 8. The van der Waals surface area contributed by atoms with Crippen LogP contribution in [0.5, 0.6) is 23.0 Å². The Morgan fingerprint density at radius 3 is 2.24 bits per heavy atom. The van der Waals surface area contributed by atoms with Crippen LogP contribution >= 0.6 is 23.2 Å². The second-order valence-electron chi connectivity index (χ2n) is 8.44. The van der Waals surface area contributed by atoms with Crippen LogP contribution in [0.25, 0.3) is 0 Å². The summed E-state index contributed by atoms with van der Waals surface area (Å²) in [6.45, 7) is 0. The summed E-state index contributed by atoms with van der Waals surface area (Å²) in [6, 6.07) is 13.3. The van der Waals surface area contributed by atoms with Gasteiger partial charge in [0, 0.05) is 28.8 Å². The Morgan fingerprint density at radius 2 is 1.57 bits per heavy atom. The summed E-state index contributed by atoms with van der Waals surface area (Å²) in [7, 11) is 0. The van der Waals surface area contributed by atoms with Crippen molar-refractivity contribution in [3.05, 3.63) is 82.4 Å². The third kappa shape index (κ3) is 3.81. The van der Waals surface area contributed by atoms with Gasteiger partial charge in [0.05, 0.1) is 11.1 Å². The summed E-state index contributed by atoms with van der Waals surface area (Å²) in [4.78, 5) is 38.0. The van der Waals surface area contributed by atoms with Crippen molar-refractivity contribution in [2.75, 3.05) is 11.8 Å². The largest absolute Gasteiger partial charge is 0.508 e. The highest BCUT2D eigenvalue weighted by Crippen LogP contribution is 2.58. The fourth-order valence-electron chi connectivity index (χ4n) is 4.77. The zero-order valence-corrected chi connectivity index (χ0v) is 20.4. The minimum absolute atomic E-state index is 0.00678. The number of aromatic hydroxyl groups is 2. The lowest BCUT2D eigenvalue weighted by atomic mass is 9.74. The van der Waals surface area contributed by atoms with E-state index >= 15 is 0 Å². The van der Waals surface area contributed by atoms with Gasteiger partial charge in [-0.25, -0.2) is 4.79 Å². The van der Waals surface area contributed by atoms with E-state index < -0.39 is 40.9 Å². The Hall–Kier alpha value is -3.99. The van der Waals surface area contributed by atoms with Gasteiger partial charge in [-0.05, 0) is 24.3 Å². The third-order valence-corrected chi connectivity index (χ3v) is 6.60. The number of amides is 2. The van der Waals surface area contributed by atoms with Gasteiger partial charge < -0.3 is 30.3 Å². The summed E-state index contributed by atoms with van der Waals surface area (Å²) < 4.78 is 12.1. The second kappa shape index (κ2) is 8.84. The van der Waals surface area contributed by atoms with E-state index in [1.165, 1.54) is 30.3 Å². The topological polar surface area (TPSA) is 160 Å². The van der Waals surface area contributed by atoms with Crippen LogP contribution in [0.2, 0.25) is 0 Å². The van der Waals surface area contributed by atoms with Crippen LogP contribution in [0.3, 0.4) is 0 Å². The molecule has 1 atom stereocenters. The maximum absolute atomic E-state index is 13.1. The number of nitrogens with two attached hydrogens (primary N) is 1. The van der Waals surface area contributed by atoms with E-state index in [0.717, 1.165) is 0 Å². The second-order valence-corrected chi connectivity index (χ2v) is 8.97. The molecule has 0 aromatic heterocycles. The summed E-state index contributed by atoms with van der Waals surface area (Å²) in [5.74, 6) is -5.68. The lowest BCUT2D eigenvalue weighted by Crippen LogP contribution is -2.65. The molecule has 1 spiro atoms. The van der Waals surface area contributed by atoms with E-state index in [1.54, 1.807) is 24.3 Å². The predicted octanol–water partition coefficient (Wildman–Crippen LogP) is 2.44. The van der Waals surface area contributed by atoms with Crippen molar-refractivity contribution < 1.29 is 34.1 Å².